The van der Waals surface area contributed by atoms with E-state index in [1.807, 2.05) is 22.7 Å². The maximum Gasteiger partial charge on any atom is 0.222 e. The van der Waals surface area contributed by atoms with Crippen LogP contribution in [-0.2, 0) is 11.3 Å². The van der Waals surface area contributed by atoms with Gasteiger partial charge in [0.15, 0.2) is 4.80 Å². The molecule has 0 saturated carbocycles. The fraction of sp³-hybridized carbons (Fsp3) is 0.562. The molecule has 2 aromatic heterocycles. The topological polar surface area (TPSA) is 55.4 Å². The number of carbonyl (C=O) groups excluding carboxylic acids is 1. The van der Waals surface area contributed by atoms with Crippen LogP contribution in [0.1, 0.15) is 38.4 Å². The van der Waals surface area contributed by atoms with Gasteiger partial charge in [0, 0.05) is 37.1 Å². The second-order valence-electron chi connectivity index (χ2n) is 5.83. The van der Waals surface area contributed by atoms with Gasteiger partial charge in [0.05, 0.1) is 18.4 Å². The summed E-state index contributed by atoms with van der Waals surface area (Å²) in [7, 11) is 0. The minimum Gasteiger partial charge on any atom is -0.341 e. The summed E-state index contributed by atoms with van der Waals surface area (Å²) in [6.07, 6.45) is 5.32. The van der Waals surface area contributed by atoms with Crippen molar-refractivity contribution in [3.05, 3.63) is 28.3 Å². The monoisotopic (exact) mass is 333 g/mol. The molecule has 1 aliphatic rings. The Morgan fingerprint density at radius 1 is 1.48 bits per heavy atom. The number of thiazole rings is 1. The number of hydrogen-bond acceptors (Lipinski definition) is 4. The molecule has 0 bridgehead atoms. The normalized spacial score (nSPS) is 18.8. The summed E-state index contributed by atoms with van der Waals surface area (Å²) in [5.41, 5.74) is 2.08. The predicted molar refractivity (Wildman–Crippen MR) is 90.7 cm³/mol. The average Bonchev–Trinajstić information content (AvgIpc) is 3.27. The van der Waals surface area contributed by atoms with E-state index >= 15 is 0 Å². The molecule has 0 aromatic carbocycles. The molecule has 0 aliphatic carbocycles. The van der Waals surface area contributed by atoms with Gasteiger partial charge in [0.2, 0.25) is 5.91 Å². The zero-order valence-corrected chi connectivity index (χ0v) is 14.7. The van der Waals surface area contributed by atoms with Crippen molar-refractivity contribution in [2.75, 3.05) is 13.1 Å². The lowest BCUT2D eigenvalue weighted by Crippen LogP contribution is -2.30. The standard InChI is InChI=1S/C16H23N5OS/c1-4-15(22)19-7-6-14(10-19)21-12(3)11-23-16(21)18-13-8-17-20(5-2)9-13/h8-9,11,14H,4-7,10H2,1-3H3/t14-/m1/s1. The third-order valence-corrected chi connectivity index (χ3v) is 5.23. The molecular weight excluding hydrogens is 310 g/mol. The van der Waals surface area contributed by atoms with Crippen molar-refractivity contribution in [2.45, 2.75) is 46.2 Å². The van der Waals surface area contributed by atoms with Crippen molar-refractivity contribution >= 4 is 22.9 Å². The molecule has 2 aromatic rings. The van der Waals surface area contributed by atoms with Crippen molar-refractivity contribution in [3.8, 4) is 0 Å². The highest BCUT2D eigenvalue weighted by atomic mass is 32.1. The number of hydrogen-bond donors (Lipinski definition) is 0. The van der Waals surface area contributed by atoms with Gasteiger partial charge < -0.3 is 9.47 Å². The van der Waals surface area contributed by atoms with Gasteiger partial charge in [-0.25, -0.2) is 4.99 Å². The van der Waals surface area contributed by atoms with Crippen LogP contribution in [0.3, 0.4) is 0 Å². The quantitative estimate of drug-likeness (QED) is 0.863. The lowest BCUT2D eigenvalue weighted by atomic mass is 10.2. The van der Waals surface area contributed by atoms with Crippen LogP contribution in [0.4, 0.5) is 5.69 Å². The van der Waals surface area contributed by atoms with Crippen LogP contribution in [0.25, 0.3) is 0 Å². The summed E-state index contributed by atoms with van der Waals surface area (Å²) < 4.78 is 4.15. The van der Waals surface area contributed by atoms with Crippen LogP contribution in [0.2, 0.25) is 0 Å². The molecule has 0 radical (unpaired) electrons. The van der Waals surface area contributed by atoms with Crippen molar-refractivity contribution in [2.24, 2.45) is 4.99 Å². The van der Waals surface area contributed by atoms with E-state index < -0.39 is 0 Å². The molecule has 1 aliphatic heterocycles. The Morgan fingerprint density at radius 2 is 2.30 bits per heavy atom. The maximum atomic E-state index is 11.9. The van der Waals surface area contributed by atoms with Gasteiger partial charge in [-0.05, 0) is 20.3 Å². The highest BCUT2D eigenvalue weighted by Gasteiger charge is 2.27. The van der Waals surface area contributed by atoms with Crippen LogP contribution < -0.4 is 4.80 Å². The van der Waals surface area contributed by atoms with Crippen molar-refractivity contribution in [1.82, 2.24) is 19.2 Å². The molecule has 1 fully saturated rings. The summed E-state index contributed by atoms with van der Waals surface area (Å²) >= 11 is 1.65. The molecule has 1 amide bonds. The molecular formula is C16H23N5OS. The third-order valence-electron chi connectivity index (χ3n) is 4.27. The van der Waals surface area contributed by atoms with E-state index in [0.717, 1.165) is 36.5 Å². The number of carbonyl (C=O) groups is 1. The van der Waals surface area contributed by atoms with Gasteiger partial charge in [-0.15, -0.1) is 11.3 Å². The van der Waals surface area contributed by atoms with E-state index in [9.17, 15) is 4.79 Å². The first-order valence-corrected chi connectivity index (χ1v) is 9.02. The molecule has 3 rings (SSSR count). The van der Waals surface area contributed by atoms with E-state index in [-0.39, 0.29) is 5.91 Å². The van der Waals surface area contributed by atoms with Gasteiger partial charge in [-0.3, -0.25) is 9.48 Å². The Labute approximate surface area is 140 Å². The number of likely N-dealkylation sites (tertiary alicyclic amines) is 1. The Morgan fingerprint density at radius 3 is 3.00 bits per heavy atom. The van der Waals surface area contributed by atoms with Crippen molar-refractivity contribution in [3.63, 3.8) is 0 Å². The zero-order valence-electron chi connectivity index (χ0n) is 13.9. The summed E-state index contributed by atoms with van der Waals surface area (Å²) in [6.45, 7) is 8.55. The number of amides is 1. The summed E-state index contributed by atoms with van der Waals surface area (Å²) in [5, 5.41) is 6.41. The largest absolute Gasteiger partial charge is 0.341 e. The predicted octanol–water partition coefficient (Wildman–Crippen LogP) is 2.49. The van der Waals surface area contributed by atoms with Gasteiger partial charge in [0.1, 0.15) is 5.69 Å². The molecule has 7 heteroatoms. The van der Waals surface area contributed by atoms with Crippen molar-refractivity contribution < 1.29 is 4.79 Å². The highest BCUT2D eigenvalue weighted by Crippen LogP contribution is 2.23. The Kier molecular flexibility index (Phi) is 4.66. The molecule has 1 saturated heterocycles. The van der Waals surface area contributed by atoms with Crippen LogP contribution >= 0.6 is 11.3 Å². The van der Waals surface area contributed by atoms with E-state index in [2.05, 4.69) is 28.9 Å². The second kappa shape index (κ2) is 6.70. The van der Waals surface area contributed by atoms with Crippen LogP contribution in [0.15, 0.2) is 22.8 Å². The average molecular weight is 333 g/mol. The van der Waals surface area contributed by atoms with Crippen LogP contribution in [0, 0.1) is 6.92 Å². The fourth-order valence-electron chi connectivity index (χ4n) is 3.02. The number of rotatable bonds is 4. The van der Waals surface area contributed by atoms with E-state index in [1.54, 1.807) is 17.5 Å². The number of nitrogens with zero attached hydrogens (tertiary/aromatic N) is 5. The molecule has 0 N–H and O–H groups in total. The molecule has 0 unspecified atom stereocenters. The Hall–Kier alpha value is -1.89. The summed E-state index contributed by atoms with van der Waals surface area (Å²) in [6, 6.07) is 0.316. The zero-order chi connectivity index (χ0) is 16.4. The molecule has 3 heterocycles. The van der Waals surface area contributed by atoms with Gasteiger partial charge in [-0.1, -0.05) is 6.92 Å². The molecule has 0 spiro atoms. The maximum absolute atomic E-state index is 11.9. The lowest BCUT2D eigenvalue weighted by Gasteiger charge is -2.17. The Bertz CT molecular complexity index is 757. The second-order valence-corrected chi connectivity index (χ2v) is 6.67. The lowest BCUT2D eigenvalue weighted by molar-refractivity contribution is -0.129. The van der Waals surface area contributed by atoms with Crippen LogP contribution in [0.5, 0.6) is 0 Å². The smallest absolute Gasteiger partial charge is 0.222 e. The highest BCUT2D eigenvalue weighted by molar-refractivity contribution is 7.07. The molecule has 1 atom stereocenters. The van der Waals surface area contributed by atoms with Gasteiger partial charge in [0.25, 0.3) is 0 Å². The Balaban J connectivity index is 1.89. The van der Waals surface area contributed by atoms with Gasteiger partial charge in [-0.2, -0.15) is 5.10 Å². The number of aromatic nitrogens is 3. The third kappa shape index (κ3) is 3.24. The molecule has 23 heavy (non-hydrogen) atoms. The number of aryl methyl sites for hydroxylation is 2. The van der Waals surface area contributed by atoms with Gasteiger partial charge >= 0.3 is 0 Å². The van der Waals surface area contributed by atoms with Crippen LogP contribution in [-0.4, -0.2) is 38.2 Å². The minimum atomic E-state index is 0.240. The molecule has 6 nitrogen and oxygen atoms in total. The first-order chi connectivity index (χ1) is 11.1. The molecule has 124 valence electrons. The van der Waals surface area contributed by atoms with Crippen molar-refractivity contribution in [1.29, 1.82) is 0 Å². The first-order valence-electron chi connectivity index (χ1n) is 8.14. The SMILES string of the molecule is CCC(=O)N1CC[C@@H](n2c(C)csc2=Nc2cnn(CC)c2)C1. The van der Waals surface area contributed by atoms with E-state index in [0.29, 0.717) is 12.5 Å². The van der Waals surface area contributed by atoms with E-state index in [1.165, 1.54) is 5.69 Å². The van der Waals surface area contributed by atoms with E-state index in [4.69, 9.17) is 4.99 Å². The minimum absolute atomic E-state index is 0.240. The summed E-state index contributed by atoms with van der Waals surface area (Å²) in [4.78, 5) is 19.6. The summed E-state index contributed by atoms with van der Waals surface area (Å²) in [5.74, 6) is 0.240. The first kappa shape index (κ1) is 16.0. The fourth-order valence-corrected chi connectivity index (χ4v) is 3.98.